The molecule has 140 valence electrons. The van der Waals surface area contributed by atoms with Crippen LogP contribution in [0.3, 0.4) is 0 Å². The first-order valence-electron chi connectivity index (χ1n) is 7.91. The SMILES string of the molecule is CCCCCCOP(=O)(OCCCCCC)C(Cl)(Cl)P(=O)([O-])[O-].[Na+].[Na+]. The van der Waals surface area contributed by atoms with Crippen molar-refractivity contribution in [1.29, 1.82) is 0 Å². The molecule has 0 radical (unpaired) electrons. The minimum Gasteiger partial charge on any atom is -0.808 e. The zero-order valence-electron chi connectivity index (χ0n) is 15.7. The van der Waals surface area contributed by atoms with Crippen molar-refractivity contribution in [2.75, 3.05) is 13.2 Å². The maximum atomic E-state index is 12.7. The number of hydrogen-bond acceptors (Lipinski definition) is 6. The summed E-state index contributed by atoms with van der Waals surface area (Å²) in [4.78, 5) is 22.5. The van der Waals surface area contributed by atoms with E-state index in [1.54, 1.807) is 0 Å². The Morgan fingerprint density at radius 2 is 1.16 bits per heavy atom. The second-order valence-corrected chi connectivity index (χ2v) is 11.9. The second kappa shape index (κ2) is 16.7. The molecule has 25 heavy (non-hydrogen) atoms. The van der Waals surface area contributed by atoms with E-state index < -0.39 is 19.0 Å². The van der Waals surface area contributed by atoms with Crippen molar-refractivity contribution in [3.63, 3.8) is 0 Å². The Morgan fingerprint density at radius 1 is 0.800 bits per heavy atom. The van der Waals surface area contributed by atoms with Crippen molar-refractivity contribution in [1.82, 2.24) is 0 Å². The number of halogens is 2. The van der Waals surface area contributed by atoms with E-state index in [0.717, 1.165) is 38.5 Å². The molecule has 0 aliphatic rings. The molecule has 0 heterocycles. The summed E-state index contributed by atoms with van der Waals surface area (Å²) < 4.78 is 30.9. The minimum atomic E-state index is -5.60. The Kier molecular flexibility index (Phi) is 21.7. The first kappa shape index (κ1) is 32.5. The van der Waals surface area contributed by atoms with Crippen LogP contribution in [0, 0.1) is 0 Å². The van der Waals surface area contributed by atoms with Crippen LogP contribution in [0.25, 0.3) is 0 Å². The van der Waals surface area contributed by atoms with Crippen molar-refractivity contribution in [3.8, 4) is 0 Å². The third kappa shape index (κ3) is 12.2. The maximum absolute atomic E-state index is 12.7. The van der Waals surface area contributed by atoms with Gasteiger partial charge < -0.3 is 23.4 Å². The van der Waals surface area contributed by atoms with Gasteiger partial charge >= 0.3 is 66.7 Å². The molecule has 0 unspecified atom stereocenters. The van der Waals surface area contributed by atoms with E-state index in [4.69, 9.17) is 32.2 Å². The van der Waals surface area contributed by atoms with Gasteiger partial charge in [0.2, 0.25) is 3.82 Å². The predicted octanol–water partition coefficient (Wildman–Crippen LogP) is -1.62. The van der Waals surface area contributed by atoms with Gasteiger partial charge in [-0.05, 0) is 20.4 Å². The van der Waals surface area contributed by atoms with Crippen LogP contribution in [0.2, 0.25) is 0 Å². The van der Waals surface area contributed by atoms with E-state index in [1.165, 1.54) is 0 Å². The van der Waals surface area contributed by atoms with E-state index in [2.05, 4.69) is 0 Å². The fraction of sp³-hybridized carbons (Fsp3) is 1.00. The van der Waals surface area contributed by atoms with Crippen LogP contribution in [0.15, 0.2) is 0 Å². The van der Waals surface area contributed by atoms with E-state index in [0.29, 0.717) is 12.8 Å². The molecule has 0 aromatic heterocycles. The quantitative estimate of drug-likeness (QED) is 0.135. The number of unbranched alkanes of at least 4 members (excludes halogenated alkanes) is 6. The average Bonchev–Trinajstić information content (AvgIpc) is 2.45. The Morgan fingerprint density at radius 3 is 1.44 bits per heavy atom. The van der Waals surface area contributed by atoms with Gasteiger partial charge in [0.15, 0.2) is 0 Å². The molecule has 12 heteroatoms. The minimum absolute atomic E-state index is 0. The molecular weight excluding hydrogens is 431 g/mol. The van der Waals surface area contributed by atoms with E-state index in [1.807, 2.05) is 13.8 Å². The van der Waals surface area contributed by atoms with Crippen molar-refractivity contribution in [2.45, 2.75) is 69.0 Å². The van der Waals surface area contributed by atoms with Crippen LogP contribution in [0.4, 0.5) is 0 Å². The number of rotatable bonds is 14. The zero-order chi connectivity index (χ0) is 18.0. The van der Waals surface area contributed by atoms with Crippen molar-refractivity contribution in [2.24, 2.45) is 0 Å². The van der Waals surface area contributed by atoms with Gasteiger partial charge in [-0.25, -0.2) is 0 Å². The number of alkyl halides is 2. The molecule has 0 aliphatic carbocycles. The molecule has 0 spiro atoms. The standard InChI is InChI=1S/C13H28Cl2O6P2.2Na/c1-3-5-7-9-11-20-23(19,13(14,15)22(16,17)18)21-12-10-8-6-4-2;;/h3-12H2,1-2H3,(H2,16,17,18);;/q;2*+1/p-2. The average molecular weight is 457 g/mol. The van der Waals surface area contributed by atoms with Crippen LogP contribution in [0.1, 0.15) is 65.2 Å². The summed E-state index contributed by atoms with van der Waals surface area (Å²) in [7, 11) is -10.1. The van der Waals surface area contributed by atoms with Crippen LogP contribution < -0.4 is 68.9 Å². The van der Waals surface area contributed by atoms with Crippen LogP contribution >= 0.6 is 38.4 Å². The van der Waals surface area contributed by atoms with Crippen molar-refractivity contribution < 1.29 is 87.1 Å². The molecular formula is C13H26Cl2Na2O6P2. The molecule has 6 nitrogen and oxygen atoms in total. The van der Waals surface area contributed by atoms with Crippen LogP contribution in [0.5, 0.6) is 0 Å². The van der Waals surface area contributed by atoms with Gasteiger partial charge in [0.1, 0.15) is 0 Å². The molecule has 0 aliphatic heterocycles. The molecule has 0 saturated heterocycles. The topological polar surface area (TPSA) is 98.7 Å². The first-order chi connectivity index (χ1) is 10.6. The summed E-state index contributed by atoms with van der Waals surface area (Å²) in [5.74, 6) is 0. The molecule has 0 rings (SSSR count). The third-order valence-corrected chi connectivity index (χ3v) is 9.49. The van der Waals surface area contributed by atoms with Gasteiger partial charge in [0.25, 0.3) is 0 Å². The fourth-order valence-electron chi connectivity index (χ4n) is 1.77. The molecule has 0 fully saturated rings. The second-order valence-electron chi connectivity index (χ2n) is 5.29. The van der Waals surface area contributed by atoms with Gasteiger partial charge in [-0.3, -0.25) is 4.57 Å². The Balaban J connectivity index is -0.00000242. The molecule has 0 aromatic rings. The van der Waals surface area contributed by atoms with Crippen LogP contribution in [-0.2, 0) is 18.2 Å². The van der Waals surface area contributed by atoms with E-state index >= 15 is 0 Å². The molecule has 0 saturated carbocycles. The van der Waals surface area contributed by atoms with Crippen LogP contribution in [-0.4, -0.2) is 17.0 Å². The number of hydrogen-bond donors (Lipinski definition) is 0. The predicted molar refractivity (Wildman–Crippen MR) is 89.8 cm³/mol. The fourth-order valence-corrected chi connectivity index (χ4v) is 5.03. The van der Waals surface area contributed by atoms with Gasteiger partial charge in [-0.15, -0.1) is 0 Å². The summed E-state index contributed by atoms with van der Waals surface area (Å²) in [6, 6.07) is 0. The third-order valence-electron chi connectivity index (χ3n) is 3.18. The molecule has 0 atom stereocenters. The smallest absolute Gasteiger partial charge is 0.808 e. The molecule has 0 N–H and O–H groups in total. The molecule has 0 aromatic carbocycles. The maximum Gasteiger partial charge on any atom is 1.00 e. The monoisotopic (exact) mass is 456 g/mol. The summed E-state index contributed by atoms with van der Waals surface area (Å²) in [6.07, 6.45) is 6.63. The summed E-state index contributed by atoms with van der Waals surface area (Å²) in [5, 5.41) is 0. The van der Waals surface area contributed by atoms with E-state index in [-0.39, 0.29) is 72.3 Å². The Bertz CT molecular complexity index is 405. The summed E-state index contributed by atoms with van der Waals surface area (Å²) >= 11 is 11.1. The van der Waals surface area contributed by atoms with E-state index in [9.17, 15) is 18.9 Å². The largest absolute Gasteiger partial charge is 1.00 e. The van der Waals surface area contributed by atoms with Gasteiger partial charge in [-0.2, -0.15) is 0 Å². The van der Waals surface area contributed by atoms with Gasteiger partial charge in [-0.1, -0.05) is 75.6 Å². The molecule has 0 bridgehead atoms. The normalized spacial score (nSPS) is 12.4. The first-order valence-corrected chi connectivity index (χ1v) is 11.8. The summed E-state index contributed by atoms with van der Waals surface area (Å²) in [6.45, 7) is 3.98. The van der Waals surface area contributed by atoms with Crippen molar-refractivity contribution >= 4 is 38.4 Å². The van der Waals surface area contributed by atoms with Crippen molar-refractivity contribution in [3.05, 3.63) is 0 Å². The molecule has 0 amide bonds. The van der Waals surface area contributed by atoms with Gasteiger partial charge in [0.05, 0.1) is 13.2 Å². The zero-order valence-corrected chi connectivity index (χ0v) is 23.0. The Hall–Kier alpha value is 2.88. The van der Waals surface area contributed by atoms with Gasteiger partial charge in [0, 0.05) is 0 Å². The Labute approximate surface area is 205 Å². The summed E-state index contributed by atoms with van der Waals surface area (Å²) in [5.41, 5.74) is 0.